The normalized spacial score (nSPS) is 12.6. The zero-order valence-corrected chi connectivity index (χ0v) is 18.0. The van der Waals surface area contributed by atoms with Crippen LogP contribution in [0.1, 0.15) is 29.9 Å². The largest absolute Gasteiger partial charge is 0.369 e. The van der Waals surface area contributed by atoms with Crippen molar-refractivity contribution in [1.82, 2.24) is 19.9 Å². The predicted molar refractivity (Wildman–Crippen MR) is 114 cm³/mol. The van der Waals surface area contributed by atoms with E-state index in [9.17, 15) is 18.0 Å². The third-order valence-corrected chi connectivity index (χ3v) is 6.17. The molecule has 0 radical (unpaired) electrons. The van der Waals surface area contributed by atoms with Crippen LogP contribution in [-0.2, 0) is 21.2 Å². The number of nitrogens with one attached hydrogen (secondary N) is 3. The maximum atomic E-state index is 12.6. The van der Waals surface area contributed by atoms with Gasteiger partial charge in [0.15, 0.2) is 0 Å². The van der Waals surface area contributed by atoms with Crippen LogP contribution in [0.5, 0.6) is 0 Å². The first-order chi connectivity index (χ1) is 14.3. The summed E-state index contributed by atoms with van der Waals surface area (Å²) < 4.78 is 26.3. The van der Waals surface area contributed by atoms with E-state index in [0.717, 1.165) is 19.5 Å². The number of hydrogen-bond acceptors (Lipinski definition) is 5. The quantitative estimate of drug-likeness (QED) is 0.384. The number of hydrogen-bond donors (Lipinski definition) is 4. The third kappa shape index (κ3) is 6.68. The van der Waals surface area contributed by atoms with Gasteiger partial charge in [0.25, 0.3) is 5.91 Å². The predicted octanol–water partition coefficient (Wildman–Crippen LogP) is 0.461. The lowest BCUT2D eigenvalue weighted by Crippen LogP contribution is -2.45. The van der Waals surface area contributed by atoms with Gasteiger partial charge in [-0.2, -0.15) is 0 Å². The van der Waals surface area contributed by atoms with Gasteiger partial charge in [0.05, 0.1) is 6.54 Å². The molecule has 0 saturated heterocycles. The van der Waals surface area contributed by atoms with Crippen LogP contribution in [-0.4, -0.2) is 62.3 Å². The SMILES string of the molecule is CCN(CC)C(CNC(=O)c1cc(S(=O)(=O)NCC(N)=O)c[nH]1)Cc1ccccc1. The van der Waals surface area contributed by atoms with Crippen molar-refractivity contribution in [3.05, 3.63) is 53.9 Å². The van der Waals surface area contributed by atoms with Gasteiger partial charge in [-0.1, -0.05) is 44.2 Å². The van der Waals surface area contributed by atoms with Gasteiger partial charge in [-0.05, 0) is 31.1 Å². The average Bonchev–Trinajstić information content (AvgIpc) is 3.23. The van der Waals surface area contributed by atoms with Crippen LogP contribution < -0.4 is 15.8 Å². The number of aromatic amines is 1. The molecule has 1 heterocycles. The molecule has 5 N–H and O–H groups in total. The van der Waals surface area contributed by atoms with Crippen LogP contribution in [0.25, 0.3) is 0 Å². The van der Waals surface area contributed by atoms with E-state index < -0.39 is 28.4 Å². The van der Waals surface area contributed by atoms with Crippen molar-refractivity contribution in [3.63, 3.8) is 0 Å². The summed E-state index contributed by atoms with van der Waals surface area (Å²) in [5.74, 6) is -1.20. The Bertz CT molecular complexity index is 939. The van der Waals surface area contributed by atoms with E-state index in [0.29, 0.717) is 6.54 Å². The monoisotopic (exact) mass is 435 g/mol. The van der Waals surface area contributed by atoms with E-state index in [-0.39, 0.29) is 16.6 Å². The van der Waals surface area contributed by atoms with Crippen LogP contribution >= 0.6 is 0 Å². The lowest BCUT2D eigenvalue weighted by atomic mass is 10.0. The molecule has 1 aromatic heterocycles. The first-order valence-electron chi connectivity index (χ1n) is 9.79. The van der Waals surface area contributed by atoms with Crippen LogP contribution in [0.3, 0.4) is 0 Å². The van der Waals surface area contributed by atoms with E-state index >= 15 is 0 Å². The van der Waals surface area contributed by atoms with Crippen molar-refractivity contribution in [2.24, 2.45) is 5.73 Å². The Labute approximate surface area is 177 Å². The Morgan fingerprint density at radius 1 is 1.17 bits per heavy atom. The van der Waals surface area contributed by atoms with Gasteiger partial charge in [-0.25, -0.2) is 13.1 Å². The number of rotatable bonds is 12. The number of amides is 2. The van der Waals surface area contributed by atoms with Crippen LogP contribution in [0.4, 0.5) is 0 Å². The van der Waals surface area contributed by atoms with Crippen molar-refractivity contribution in [2.75, 3.05) is 26.2 Å². The highest BCUT2D eigenvalue weighted by atomic mass is 32.2. The lowest BCUT2D eigenvalue weighted by Gasteiger charge is -2.30. The number of carbonyl (C=O) groups is 2. The minimum atomic E-state index is -3.93. The summed E-state index contributed by atoms with van der Waals surface area (Å²) >= 11 is 0. The number of nitrogens with two attached hydrogens (primary N) is 1. The molecule has 1 aromatic carbocycles. The molecule has 1 unspecified atom stereocenters. The molecule has 0 aliphatic heterocycles. The fourth-order valence-electron chi connectivity index (χ4n) is 3.17. The molecule has 0 fully saturated rings. The molecule has 0 bridgehead atoms. The zero-order chi connectivity index (χ0) is 22.1. The second-order valence-corrected chi connectivity index (χ2v) is 8.58. The molecule has 0 saturated carbocycles. The van der Waals surface area contributed by atoms with E-state index in [1.807, 2.05) is 18.2 Å². The molecule has 1 atom stereocenters. The number of nitrogens with zero attached hydrogens (tertiary/aromatic N) is 1. The standard InChI is InChI=1S/C20H29N5O4S/c1-3-25(4-2)16(10-15-8-6-5-7-9-15)12-23-20(27)18-11-17(13-22-18)30(28,29)24-14-19(21)26/h5-9,11,13,16,22,24H,3-4,10,12,14H2,1-2H3,(H2,21,26)(H,23,27). The summed E-state index contributed by atoms with van der Waals surface area (Å²) in [5.41, 5.74) is 6.26. The first kappa shape index (κ1) is 23.6. The number of sulfonamides is 1. The number of H-pyrrole nitrogens is 1. The molecule has 2 amide bonds. The molecule has 2 aromatic rings. The first-order valence-corrected chi connectivity index (χ1v) is 11.3. The molecule has 0 aliphatic rings. The number of benzene rings is 1. The molecule has 164 valence electrons. The molecule has 30 heavy (non-hydrogen) atoms. The van der Waals surface area contributed by atoms with Gasteiger partial charge >= 0.3 is 0 Å². The van der Waals surface area contributed by atoms with Gasteiger partial charge < -0.3 is 16.0 Å². The molecule has 0 spiro atoms. The number of carbonyl (C=O) groups excluding carboxylic acids is 2. The van der Waals surface area contributed by atoms with Crippen LogP contribution in [0.2, 0.25) is 0 Å². The van der Waals surface area contributed by atoms with Crippen molar-refractivity contribution >= 4 is 21.8 Å². The fourth-order valence-corrected chi connectivity index (χ4v) is 4.16. The summed E-state index contributed by atoms with van der Waals surface area (Å²) in [4.78, 5) is 28.1. The van der Waals surface area contributed by atoms with Gasteiger partial charge in [0.1, 0.15) is 10.6 Å². The summed E-state index contributed by atoms with van der Waals surface area (Å²) in [6.45, 7) is 5.74. The maximum Gasteiger partial charge on any atom is 0.267 e. The Hall–Kier alpha value is -2.69. The minimum absolute atomic E-state index is 0.0988. The molecular formula is C20H29N5O4S. The Morgan fingerprint density at radius 3 is 2.43 bits per heavy atom. The van der Waals surface area contributed by atoms with E-state index in [1.54, 1.807) is 0 Å². The minimum Gasteiger partial charge on any atom is -0.369 e. The topological polar surface area (TPSA) is 137 Å². The third-order valence-electron chi connectivity index (χ3n) is 4.79. The molecule has 2 rings (SSSR count). The molecule has 0 aliphatic carbocycles. The van der Waals surface area contributed by atoms with Gasteiger partial charge in [-0.15, -0.1) is 0 Å². The van der Waals surface area contributed by atoms with Crippen molar-refractivity contribution in [2.45, 2.75) is 31.2 Å². The van der Waals surface area contributed by atoms with Gasteiger partial charge in [-0.3, -0.25) is 14.5 Å². The number of aromatic nitrogens is 1. The summed E-state index contributed by atoms with van der Waals surface area (Å²) in [5, 5.41) is 2.88. The number of likely N-dealkylation sites (N-methyl/N-ethyl adjacent to an activating group) is 1. The Kier molecular flexibility index (Phi) is 8.58. The molecule has 9 nitrogen and oxygen atoms in total. The van der Waals surface area contributed by atoms with Crippen molar-refractivity contribution < 1.29 is 18.0 Å². The van der Waals surface area contributed by atoms with Crippen LogP contribution in [0.15, 0.2) is 47.5 Å². The Morgan fingerprint density at radius 2 is 1.83 bits per heavy atom. The highest BCUT2D eigenvalue weighted by Gasteiger charge is 2.21. The van der Waals surface area contributed by atoms with Gasteiger partial charge in [0, 0.05) is 18.8 Å². The molecule has 10 heteroatoms. The maximum absolute atomic E-state index is 12.6. The molecular weight excluding hydrogens is 406 g/mol. The second kappa shape index (κ2) is 10.9. The number of primary amides is 1. The van der Waals surface area contributed by atoms with Crippen molar-refractivity contribution in [1.29, 1.82) is 0 Å². The van der Waals surface area contributed by atoms with E-state index in [4.69, 9.17) is 5.73 Å². The fraction of sp³-hybridized carbons (Fsp3) is 0.400. The second-order valence-electron chi connectivity index (χ2n) is 6.81. The Balaban J connectivity index is 2.04. The van der Waals surface area contributed by atoms with Crippen molar-refractivity contribution in [3.8, 4) is 0 Å². The van der Waals surface area contributed by atoms with Gasteiger partial charge in [0.2, 0.25) is 15.9 Å². The highest BCUT2D eigenvalue weighted by Crippen LogP contribution is 2.12. The highest BCUT2D eigenvalue weighted by molar-refractivity contribution is 7.89. The summed E-state index contributed by atoms with van der Waals surface area (Å²) in [7, 11) is -3.93. The average molecular weight is 436 g/mol. The summed E-state index contributed by atoms with van der Waals surface area (Å²) in [6.07, 6.45) is 1.98. The van der Waals surface area contributed by atoms with Crippen LogP contribution in [0, 0.1) is 0 Å². The zero-order valence-electron chi connectivity index (χ0n) is 17.2. The summed E-state index contributed by atoms with van der Waals surface area (Å²) in [6, 6.07) is 11.4. The smallest absolute Gasteiger partial charge is 0.267 e. The lowest BCUT2D eigenvalue weighted by molar-refractivity contribution is -0.116. The van der Waals surface area contributed by atoms with E-state index in [2.05, 4.69) is 45.9 Å². The van der Waals surface area contributed by atoms with E-state index in [1.165, 1.54) is 17.8 Å².